The second-order valence-corrected chi connectivity index (χ2v) is 8.99. The van der Waals surface area contributed by atoms with Gasteiger partial charge in [0.2, 0.25) is 0 Å². The van der Waals surface area contributed by atoms with Crippen LogP contribution in [0.4, 0.5) is 0 Å². The molecule has 168 valence electrons. The topological polar surface area (TPSA) is 164 Å². The van der Waals surface area contributed by atoms with Crippen molar-refractivity contribution >= 4 is 51.8 Å². The average molecular weight is 510 g/mol. The van der Waals surface area contributed by atoms with Gasteiger partial charge in [0, 0.05) is 42.3 Å². The number of hydrogen-bond acceptors (Lipinski definition) is 10. The summed E-state index contributed by atoms with van der Waals surface area (Å²) in [6, 6.07) is 0. The number of guanidine groups is 1. The van der Waals surface area contributed by atoms with Gasteiger partial charge in [-0.2, -0.15) is 0 Å². The number of rotatable bonds is 6. The molecule has 3 rings (SSSR count). The van der Waals surface area contributed by atoms with Crippen molar-refractivity contribution < 1.29 is 9.96 Å². The SMILES string of the molecule is CN/C(=N\[N+](=O)[O-])NCc1cnc(Cl)s1.O=[N+]([O-])/C=C1\NCCN1Cc1cnc(Cl)s1. The molecule has 2 aromatic heterocycles. The monoisotopic (exact) mass is 509 g/mol. The van der Waals surface area contributed by atoms with E-state index in [9.17, 15) is 20.2 Å². The fraction of sp³-hybridized carbons (Fsp3) is 0.357. The number of nitrogens with one attached hydrogen (secondary N) is 3. The van der Waals surface area contributed by atoms with Crippen LogP contribution in [0.3, 0.4) is 0 Å². The maximum absolute atomic E-state index is 10.4. The summed E-state index contributed by atoms with van der Waals surface area (Å²) < 4.78 is 0.922. The van der Waals surface area contributed by atoms with E-state index in [1.807, 2.05) is 4.90 Å². The Labute approximate surface area is 194 Å². The van der Waals surface area contributed by atoms with E-state index in [2.05, 4.69) is 31.0 Å². The molecule has 0 bridgehead atoms. The van der Waals surface area contributed by atoms with E-state index in [1.54, 1.807) is 12.4 Å². The first-order valence-corrected chi connectivity index (χ1v) is 10.8. The molecular formula is C14H17Cl2N9O4S2. The molecule has 3 N–H and O–H groups in total. The van der Waals surface area contributed by atoms with Crippen molar-refractivity contribution in [3.05, 3.63) is 63.3 Å². The maximum Gasteiger partial charge on any atom is 0.274 e. The molecule has 1 aliphatic rings. The Morgan fingerprint density at radius 1 is 1.29 bits per heavy atom. The summed E-state index contributed by atoms with van der Waals surface area (Å²) in [7, 11) is 1.54. The van der Waals surface area contributed by atoms with Crippen molar-refractivity contribution in [2.24, 2.45) is 5.10 Å². The zero-order valence-electron chi connectivity index (χ0n) is 15.9. The third-order valence-electron chi connectivity index (χ3n) is 3.50. The van der Waals surface area contributed by atoms with Gasteiger partial charge in [-0.15, -0.1) is 22.7 Å². The van der Waals surface area contributed by atoms with E-state index in [1.165, 1.54) is 29.7 Å². The molecule has 0 spiro atoms. The molecular weight excluding hydrogens is 493 g/mol. The van der Waals surface area contributed by atoms with Crippen molar-refractivity contribution in [2.45, 2.75) is 13.1 Å². The van der Waals surface area contributed by atoms with Crippen LogP contribution in [0.25, 0.3) is 0 Å². The Balaban J connectivity index is 0.000000221. The standard InChI is InChI=1S/C8H9ClN4O2S.C6H8ClN5O2S/c9-8-11-3-6(16-8)4-12-2-1-10-7(12)5-13(14)15;1-8-6(11-12(13)14)10-3-4-2-9-5(7)15-4/h3,5,10H,1-2,4H2;2H,3H2,1H3,(H2,8,10,11)/b7-5+;. The van der Waals surface area contributed by atoms with Gasteiger partial charge in [0.1, 0.15) is 5.10 Å². The lowest BCUT2D eigenvalue weighted by Crippen LogP contribution is -2.34. The summed E-state index contributed by atoms with van der Waals surface area (Å²) in [4.78, 5) is 31.5. The van der Waals surface area contributed by atoms with Crippen LogP contribution in [-0.2, 0) is 13.1 Å². The van der Waals surface area contributed by atoms with Crippen molar-refractivity contribution in [1.82, 2.24) is 30.8 Å². The maximum atomic E-state index is 10.4. The van der Waals surface area contributed by atoms with Crippen LogP contribution in [0.5, 0.6) is 0 Å². The number of nitro groups is 2. The lowest BCUT2D eigenvalue weighted by Gasteiger charge is -2.15. The molecule has 17 heteroatoms. The second-order valence-electron chi connectivity index (χ2n) is 5.60. The Bertz CT molecular complexity index is 965. The molecule has 1 aliphatic heterocycles. The predicted molar refractivity (Wildman–Crippen MR) is 118 cm³/mol. The van der Waals surface area contributed by atoms with Crippen LogP contribution in [0, 0.1) is 20.2 Å². The van der Waals surface area contributed by atoms with E-state index < -0.39 is 9.96 Å². The van der Waals surface area contributed by atoms with Gasteiger partial charge in [0.05, 0.1) is 18.0 Å². The van der Waals surface area contributed by atoms with Crippen molar-refractivity contribution in [1.29, 1.82) is 0 Å². The van der Waals surface area contributed by atoms with E-state index in [0.717, 1.165) is 22.5 Å². The normalized spacial score (nSPS) is 14.6. The lowest BCUT2D eigenvalue weighted by atomic mass is 10.4. The summed E-state index contributed by atoms with van der Waals surface area (Å²) in [5, 5.41) is 31.0. The van der Waals surface area contributed by atoms with Gasteiger partial charge in [-0.05, 0) is 0 Å². The van der Waals surface area contributed by atoms with Crippen molar-refractivity contribution in [3.8, 4) is 0 Å². The zero-order chi connectivity index (χ0) is 22.8. The number of hydrazone groups is 1. The van der Waals surface area contributed by atoms with Gasteiger partial charge in [-0.25, -0.2) is 20.1 Å². The first-order chi connectivity index (χ1) is 14.8. The molecule has 2 aromatic rings. The van der Waals surface area contributed by atoms with Gasteiger partial charge in [-0.3, -0.25) is 10.1 Å². The molecule has 0 atom stereocenters. The van der Waals surface area contributed by atoms with E-state index in [-0.39, 0.29) is 5.96 Å². The van der Waals surface area contributed by atoms with Gasteiger partial charge in [0.15, 0.2) is 19.8 Å². The fourth-order valence-electron chi connectivity index (χ4n) is 2.28. The van der Waals surface area contributed by atoms with Crippen molar-refractivity contribution in [2.75, 3.05) is 20.1 Å². The highest BCUT2D eigenvalue weighted by Crippen LogP contribution is 2.21. The molecule has 0 amide bonds. The third-order valence-corrected chi connectivity index (χ3v) is 5.72. The molecule has 0 unspecified atom stereocenters. The van der Waals surface area contributed by atoms with Crippen LogP contribution in [-0.4, -0.2) is 50.9 Å². The molecule has 1 fully saturated rings. The largest absolute Gasteiger partial charge is 0.365 e. The smallest absolute Gasteiger partial charge is 0.274 e. The molecule has 3 heterocycles. The van der Waals surface area contributed by atoms with Gasteiger partial charge >= 0.3 is 0 Å². The summed E-state index contributed by atoms with van der Waals surface area (Å²) in [6.07, 6.45) is 4.27. The molecule has 13 nitrogen and oxygen atoms in total. The predicted octanol–water partition coefficient (Wildman–Crippen LogP) is 1.93. The van der Waals surface area contributed by atoms with Gasteiger partial charge < -0.3 is 20.9 Å². The molecule has 0 radical (unpaired) electrons. The number of aromatic nitrogens is 2. The van der Waals surface area contributed by atoms with Gasteiger partial charge in [-0.1, -0.05) is 23.2 Å². The quantitative estimate of drug-likeness (QED) is 0.226. The third kappa shape index (κ3) is 8.87. The molecule has 1 saturated heterocycles. The minimum absolute atomic E-state index is 0.0875. The minimum Gasteiger partial charge on any atom is -0.365 e. The molecule has 0 saturated carbocycles. The van der Waals surface area contributed by atoms with Crippen LogP contribution in [0.1, 0.15) is 9.75 Å². The van der Waals surface area contributed by atoms with E-state index >= 15 is 0 Å². The minimum atomic E-state index is -0.779. The van der Waals surface area contributed by atoms with Crippen molar-refractivity contribution in [3.63, 3.8) is 0 Å². The number of hydrogen-bond donors (Lipinski definition) is 3. The summed E-state index contributed by atoms with van der Waals surface area (Å²) in [5.41, 5.74) is 0. The number of thiazole rings is 2. The van der Waals surface area contributed by atoms with E-state index in [0.29, 0.717) is 34.4 Å². The lowest BCUT2D eigenvalue weighted by molar-refractivity contribution is -0.485. The zero-order valence-corrected chi connectivity index (χ0v) is 19.1. The highest BCUT2D eigenvalue weighted by molar-refractivity contribution is 7.16. The van der Waals surface area contributed by atoms with Crippen LogP contribution in [0.15, 0.2) is 29.5 Å². The molecule has 0 aliphatic carbocycles. The Hall–Kier alpha value is -2.75. The Kier molecular flexibility index (Phi) is 9.64. The van der Waals surface area contributed by atoms with Crippen LogP contribution >= 0.6 is 45.9 Å². The number of halogens is 2. The van der Waals surface area contributed by atoms with Gasteiger partial charge in [0.25, 0.3) is 12.2 Å². The number of nitrogens with zero attached hydrogens (tertiary/aromatic N) is 6. The molecule has 0 aromatic carbocycles. The first kappa shape index (κ1) is 24.5. The first-order valence-electron chi connectivity index (χ1n) is 8.46. The van der Waals surface area contributed by atoms with Crippen LogP contribution in [0.2, 0.25) is 8.93 Å². The highest BCUT2D eigenvalue weighted by Gasteiger charge is 2.20. The summed E-state index contributed by atoms with van der Waals surface area (Å²) >= 11 is 14.0. The second kappa shape index (κ2) is 12.2. The fourth-order valence-corrected chi connectivity index (χ4v) is 4.19. The average Bonchev–Trinajstić information content (AvgIpc) is 3.42. The van der Waals surface area contributed by atoms with Crippen LogP contribution < -0.4 is 16.0 Å². The highest BCUT2D eigenvalue weighted by atomic mass is 35.5. The summed E-state index contributed by atoms with van der Waals surface area (Å²) in [5.74, 6) is 0.624. The Morgan fingerprint density at radius 3 is 2.45 bits per heavy atom. The summed E-state index contributed by atoms with van der Waals surface area (Å²) in [6.45, 7) is 2.44. The Morgan fingerprint density at radius 2 is 1.94 bits per heavy atom. The molecule has 31 heavy (non-hydrogen) atoms. The van der Waals surface area contributed by atoms with E-state index in [4.69, 9.17) is 23.2 Å².